The minimum Gasteiger partial charge on any atom is -0.293 e. The van der Waals surface area contributed by atoms with E-state index in [1.54, 1.807) is 31.2 Å². The number of hydrogen-bond acceptors (Lipinski definition) is 5. The number of carbonyl (C=O) groups excluding carboxylic acids is 1. The number of rotatable bonds is 5. The number of nitrogens with one attached hydrogen (secondary N) is 1. The highest BCUT2D eigenvalue weighted by atomic mass is 19.1. The van der Waals surface area contributed by atoms with Gasteiger partial charge in [-0.1, -0.05) is 13.0 Å². The van der Waals surface area contributed by atoms with Crippen LogP contribution in [0.2, 0.25) is 0 Å². The lowest BCUT2D eigenvalue weighted by Crippen LogP contribution is -2.35. The molecule has 0 bridgehead atoms. The molecular formula is C21H17FN4O2. The Bertz CT molecular complexity index is 1140. The maximum absolute atomic E-state index is 13.3. The van der Waals surface area contributed by atoms with Crippen LogP contribution in [0, 0.1) is 17.1 Å². The predicted octanol–water partition coefficient (Wildman–Crippen LogP) is 3.56. The maximum Gasteiger partial charge on any atom is 0.291 e. The third-order valence-electron chi connectivity index (χ3n) is 4.16. The van der Waals surface area contributed by atoms with Crippen molar-refractivity contribution in [1.82, 2.24) is 9.66 Å². The Labute approximate surface area is 160 Å². The second kappa shape index (κ2) is 7.84. The summed E-state index contributed by atoms with van der Waals surface area (Å²) in [6.45, 7) is 3.12. The summed E-state index contributed by atoms with van der Waals surface area (Å²) in [5.74, 6) is -0.792. The van der Waals surface area contributed by atoms with Crippen LogP contribution >= 0.6 is 0 Å². The van der Waals surface area contributed by atoms with Crippen LogP contribution in [0.5, 0.6) is 0 Å². The molecule has 140 valence electrons. The molecule has 0 radical (unpaired) electrons. The van der Waals surface area contributed by atoms with Crippen LogP contribution in [0.15, 0.2) is 53.3 Å². The van der Waals surface area contributed by atoms with Gasteiger partial charge in [-0.25, -0.2) is 14.1 Å². The van der Waals surface area contributed by atoms with E-state index >= 15 is 0 Å². The molecule has 0 aliphatic carbocycles. The Morgan fingerprint density at radius 3 is 2.57 bits per heavy atom. The number of ketones is 1. The third-order valence-corrected chi connectivity index (χ3v) is 4.16. The maximum atomic E-state index is 13.3. The molecular weight excluding hydrogens is 359 g/mol. The number of nitrogens with zero attached hydrogens (tertiary/aromatic N) is 3. The molecule has 3 rings (SSSR count). The first-order valence-corrected chi connectivity index (χ1v) is 8.64. The highest BCUT2D eigenvalue weighted by Crippen LogP contribution is 2.23. The van der Waals surface area contributed by atoms with E-state index < -0.39 is 11.4 Å². The highest BCUT2D eigenvalue weighted by Gasteiger charge is 2.21. The van der Waals surface area contributed by atoms with Crippen LogP contribution in [0.3, 0.4) is 0 Å². The molecule has 0 aliphatic rings. The van der Waals surface area contributed by atoms with Gasteiger partial charge in [-0.3, -0.25) is 15.0 Å². The average Bonchev–Trinajstić information content (AvgIpc) is 2.70. The fraction of sp³-hybridized carbons (Fsp3) is 0.143. The van der Waals surface area contributed by atoms with Crippen LogP contribution in [0.4, 0.5) is 10.1 Å². The van der Waals surface area contributed by atoms with Gasteiger partial charge >= 0.3 is 0 Å². The van der Waals surface area contributed by atoms with Gasteiger partial charge < -0.3 is 0 Å². The van der Waals surface area contributed by atoms with Crippen LogP contribution in [-0.2, 0) is 6.42 Å². The normalized spacial score (nSPS) is 10.4. The lowest BCUT2D eigenvalue weighted by Gasteiger charge is -2.18. The second-order valence-electron chi connectivity index (χ2n) is 6.12. The number of benzene rings is 2. The molecule has 0 aliphatic heterocycles. The van der Waals surface area contributed by atoms with Gasteiger partial charge in [-0.05, 0) is 48.9 Å². The number of anilines is 1. The zero-order valence-electron chi connectivity index (χ0n) is 15.4. The number of nitriles is 1. The van der Waals surface area contributed by atoms with Crippen molar-refractivity contribution in [2.75, 3.05) is 5.43 Å². The lowest BCUT2D eigenvalue weighted by molar-refractivity contribution is 0.100. The summed E-state index contributed by atoms with van der Waals surface area (Å²) in [6.07, 6.45) is 0.352. The minimum absolute atomic E-state index is 0.0520. The molecule has 0 fully saturated rings. The van der Waals surface area contributed by atoms with Gasteiger partial charge in [-0.2, -0.15) is 5.26 Å². The minimum atomic E-state index is -0.457. The van der Waals surface area contributed by atoms with Crippen molar-refractivity contribution in [3.05, 3.63) is 81.7 Å². The Morgan fingerprint density at radius 1 is 1.25 bits per heavy atom. The van der Waals surface area contributed by atoms with E-state index in [2.05, 4.69) is 10.4 Å². The van der Waals surface area contributed by atoms with E-state index in [0.29, 0.717) is 23.2 Å². The van der Waals surface area contributed by atoms with Crippen LogP contribution in [0.1, 0.15) is 35.6 Å². The van der Waals surface area contributed by atoms with Gasteiger partial charge in [0.15, 0.2) is 5.78 Å². The Kier molecular flexibility index (Phi) is 5.32. The number of aromatic nitrogens is 2. The monoisotopic (exact) mass is 376 g/mol. The SMILES string of the molecule is CCc1nc(-c2ccc(F)cc2)c(C(C)=O)n(Nc2cccc(C#N)c2)c1=O. The van der Waals surface area contributed by atoms with Crippen molar-refractivity contribution >= 4 is 11.5 Å². The quantitative estimate of drug-likeness (QED) is 0.688. The van der Waals surface area contributed by atoms with Crippen LogP contribution in [0.25, 0.3) is 11.3 Å². The Morgan fingerprint density at radius 2 is 1.96 bits per heavy atom. The molecule has 0 atom stereocenters. The van der Waals surface area contributed by atoms with Crippen LogP contribution in [-0.4, -0.2) is 15.4 Å². The zero-order valence-corrected chi connectivity index (χ0v) is 15.4. The Balaban J connectivity index is 2.26. The molecule has 2 aromatic carbocycles. The van der Waals surface area contributed by atoms with E-state index in [0.717, 1.165) is 4.68 Å². The molecule has 7 heteroatoms. The van der Waals surface area contributed by atoms with Gasteiger partial charge in [-0.15, -0.1) is 0 Å². The second-order valence-corrected chi connectivity index (χ2v) is 6.12. The highest BCUT2D eigenvalue weighted by molar-refractivity contribution is 5.98. The fourth-order valence-corrected chi connectivity index (χ4v) is 2.83. The number of halogens is 1. The molecule has 0 amide bonds. The zero-order chi connectivity index (χ0) is 20.3. The lowest BCUT2D eigenvalue weighted by atomic mass is 10.1. The van der Waals surface area contributed by atoms with Gasteiger partial charge in [0, 0.05) is 12.5 Å². The first-order chi connectivity index (χ1) is 13.4. The van der Waals surface area contributed by atoms with E-state index in [1.165, 1.54) is 31.2 Å². The number of carbonyl (C=O) groups is 1. The first kappa shape index (κ1) is 19.0. The third kappa shape index (κ3) is 3.67. The molecule has 3 aromatic rings. The average molecular weight is 376 g/mol. The summed E-state index contributed by atoms with van der Waals surface area (Å²) in [5.41, 5.74) is 4.45. The summed E-state index contributed by atoms with van der Waals surface area (Å²) in [4.78, 5) is 29.7. The molecule has 1 heterocycles. The molecule has 1 aromatic heterocycles. The molecule has 0 saturated carbocycles. The van der Waals surface area contributed by atoms with Crippen molar-refractivity contribution < 1.29 is 9.18 Å². The van der Waals surface area contributed by atoms with Gasteiger partial charge in [0.1, 0.15) is 22.9 Å². The van der Waals surface area contributed by atoms with E-state index in [4.69, 9.17) is 5.26 Å². The van der Waals surface area contributed by atoms with E-state index in [9.17, 15) is 14.0 Å². The standard InChI is InChI=1S/C21H17FN4O2/c1-3-18-21(28)26(25-17-6-4-5-14(11-17)12-23)20(13(2)27)19(24-18)15-7-9-16(22)10-8-15/h4-11,25H,3H2,1-2H3. The number of aryl methyl sites for hydroxylation is 1. The first-order valence-electron chi connectivity index (χ1n) is 8.64. The fourth-order valence-electron chi connectivity index (χ4n) is 2.83. The van der Waals surface area contributed by atoms with Crippen LogP contribution < -0.4 is 11.0 Å². The smallest absolute Gasteiger partial charge is 0.291 e. The topological polar surface area (TPSA) is 87.8 Å². The number of Topliss-reactive ketones (excluding diaryl/α,β-unsaturated/α-hetero) is 1. The predicted molar refractivity (Wildman–Crippen MR) is 103 cm³/mol. The molecule has 0 unspecified atom stereocenters. The summed E-state index contributed by atoms with van der Waals surface area (Å²) in [6, 6.07) is 14.1. The summed E-state index contributed by atoms with van der Waals surface area (Å²) in [7, 11) is 0. The Hall–Kier alpha value is -3.79. The molecule has 6 nitrogen and oxygen atoms in total. The van der Waals surface area contributed by atoms with Gasteiger partial charge in [0.2, 0.25) is 0 Å². The van der Waals surface area contributed by atoms with E-state index in [-0.39, 0.29) is 22.9 Å². The van der Waals surface area contributed by atoms with Crippen molar-refractivity contribution in [1.29, 1.82) is 5.26 Å². The summed E-state index contributed by atoms with van der Waals surface area (Å²) >= 11 is 0. The summed E-state index contributed by atoms with van der Waals surface area (Å²) in [5, 5.41) is 9.08. The van der Waals surface area contributed by atoms with Gasteiger partial charge in [0.25, 0.3) is 5.56 Å². The largest absolute Gasteiger partial charge is 0.293 e. The van der Waals surface area contributed by atoms with Crippen molar-refractivity contribution in [2.45, 2.75) is 20.3 Å². The van der Waals surface area contributed by atoms with E-state index in [1.807, 2.05) is 6.07 Å². The molecule has 1 N–H and O–H groups in total. The number of hydrogen-bond donors (Lipinski definition) is 1. The molecule has 28 heavy (non-hydrogen) atoms. The van der Waals surface area contributed by atoms with Crippen molar-refractivity contribution in [3.63, 3.8) is 0 Å². The van der Waals surface area contributed by atoms with Crippen molar-refractivity contribution in [2.24, 2.45) is 0 Å². The molecule has 0 spiro atoms. The van der Waals surface area contributed by atoms with Gasteiger partial charge in [0.05, 0.1) is 17.3 Å². The van der Waals surface area contributed by atoms with Crippen molar-refractivity contribution in [3.8, 4) is 17.3 Å². The summed E-state index contributed by atoms with van der Waals surface area (Å²) < 4.78 is 14.5. The molecule has 0 saturated heterocycles.